The largest absolute Gasteiger partial charge is 0.483 e. The Morgan fingerprint density at radius 1 is 1.10 bits per heavy atom. The monoisotopic (exact) mass is 420 g/mol. The van der Waals surface area contributed by atoms with E-state index in [1.165, 1.54) is 21.9 Å². The molecule has 0 spiro atoms. The lowest BCUT2D eigenvalue weighted by atomic mass is 10.1. The molecule has 0 bridgehead atoms. The molecule has 2 aromatic carbocycles. The van der Waals surface area contributed by atoms with Crippen molar-refractivity contribution in [3.63, 3.8) is 0 Å². The first-order valence-corrected chi connectivity index (χ1v) is 10.2. The quantitative estimate of drug-likeness (QED) is 0.518. The number of fused-ring (bicyclic) bond motifs is 1. The van der Waals surface area contributed by atoms with Crippen LogP contribution in [0.5, 0.6) is 5.75 Å². The van der Waals surface area contributed by atoms with Gasteiger partial charge in [0.1, 0.15) is 10.8 Å². The lowest BCUT2D eigenvalue weighted by Gasteiger charge is -2.11. The molecule has 152 valence electrons. The summed E-state index contributed by atoms with van der Waals surface area (Å²) in [5.41, 5.74) is 3.06. The van der Waals surface area contributed by atoms with Crippen LogP contribution in [0.4, 0.5) is 0 Å². The van der Waals surface area contributed by atoms with Gasteiger partial charge < -0.3 is 10.1 Å². The highest BCUT2D eigenvalue weighted by Crippen LogP contribution is 2.24. The lowest BCUT2D eigenvalue weighted by Crippen LogP contribution is -2.29. The molecule has 0 atom stereocenters. The van der Waals surface area contributed by atoms with E-state index < -0.39 is 0 Å². The second-order valence-electron chi connectivity index (χ2n) is 6.84. The first-order valence-electron chi connectivity index (χ1n) is 9.42. The molecule has 30 heavy (non-hydrogen) atoms. The Bertz CT molecular complexity index is 1240. The van der Waals surface area contributed by atoms with Crippen molar-refractivity contribution in [1.82, 2.24) is 19.9 Å². The van der Waals surface area contributed by atoms with Gasteiger partial charge in [-0.2, -0.15) is 9.61 Å². The van der Waals surface area contributed by atoms with Gasteiger partial charge in [-0.25, -0.2) is 4.98 Å². The highest BCUT2D eigenvalue weighted by atomic mass is 32.1. The molecule has 1 N–H and O–H groups in total. The Hall–Kier alpha value is -3.52. The smallest absolute Gasteiger partial charge is 0.275 e. The summed E-state index contributed by atoms with van der Waals surface area (Å²) in [6.07, 6.45) is 0. The molecule has 0 saturated carbocycles. The van der Waals surface area contributed by atoms with Gasteiger partial charge in [0.15, 0.2) is 6.61 Å². The minimum Gasteiger partial charge on any atom is -0.483 e. The third-order valence-electron chi connectivity index (χ3n) is 4.54. The molecule has 8 heteroatoms. The molecule has 0 aliphatic heterocycles. The molecule has 7 nitrogen and oxygen atoms in total. The van der Waals surface area contributed by atoms with Crippen LogP contribution in [-0.4, -0.2) is 27.1 Å². The molecule has 2 aromatic heterocycles. The molecule has 0 unspecified atom stereocenters. The molecule has 0 aliphatic carbocycles. The fourth-order valence-electron chi connectivity index (χ4n) is 3.05. The summed E-state index contributed by atoms with van der Waals surface area (Å²) in [6.45, 7) is 3.90. The topological polar surface area (TPSA) is 85.6 Å². The summed E-state index contributed by atoms with van der Waals surface area (Å²) < 4.78 is 6.94. The summed E-state index contributed by atoms with van der Waals surface area (Å²) in [6, 6.07) is 16.8. The standard InChI is InChI=1S/C22H20N4O3S/c1-14-7-6-8-15(2)20(14)29-13-18(27)23-12-17-11-19(28)26-22(24-17)30-21(25-26)16-9-4-3-5-10-16/h3-11H,12-13H2,1-2H3,(H,23,27). The lowest BCUT2D eigenvalue weighted by molar-refractivity contribution is -0.123. The second kappa shape index (κ2) is 8.46. The van der Waals surface area contributed by atoms with Crippen LogP contribution in [0.2, 0.25) is 0 Å². The third-order valence-corrected chi connectivity index (χ3v) is 5.50. The Morgan fingerprint density at radius 2 is 1.83 bits per heavy atom. The van der Waals surface area contributed by atoms with E-state index in [1.807, 2.05) is 62.4 Å². The molecule has 0 aliphatic rings. The van der Waals surface area contributed by atoms with E-state index in [-0.39, 0.29) is 24.6 Å². The predicted octanol–water partition coefficient (Wildman–Crippen LogP) is 3.13. The normalized spacial score (nSPS) is 10.9. The Labute approximate surface area is 177 Å². The Morgan fingerprint density at radius 3 is 2.57 bits per heavy atom. The number of aromatic nitrogens is 3. The van der Waals surface area contributed by atoms with Crippen LogP contribution >= 0.6 is 11.3 Å². The number of hydrogen-bond donors (Lipinski definition) is 1. The van der Waals surface area contributed by atoms with Crippen LogP contribution in [0.15, 0.2) is 59.4 Å². The SMILES string of the molecule is Cc1cccc(C)c1OCC(=O)NCc1cc(=O)n2nc(-c3ccccc3)sc2n1. The molecule has 0 saturated heterocycles. The number of benzene rings is 2. The van der Waals surface area contributed by atoms with Gasteiger partial charge in [-0.1, -0.05) is 59.9 Å². The molecule has 4 rings (SSSR count). The summed E-state index contributed by atoms with van der Waals surface area (Å²) in [5.74, 6) is 0.428. The Kier molecular flexibility index (Phi) is 5.58. The molecule has 2 heterocycles. The van der Waals surface area contributed by atoms with Crippen LogP contribution in [0.1, 0.15) is 16.8 Å². The average molecular weight is 420 g/mol. The van der Waals surface area contributed by atoms with Gasteiger partial charge >= 0.3 is 0 Å². The van der Waals surface area contributed by atoms with Crippen molar-refractivity contribution < 1.29 is 9.53 Å². The van der Waals surface area contributed by atoms with Gasteiger partial charge in [0.2, 0.25) is 4.96 Å². The number of amides is 1. The summed E-state index contributed by atoms with van der Waals surface area (Å²) in [5, 5.41) is 7.81. The van der Waals surface area contributed by atoms with Crippen LogP contribution in [-0.2, 0) is 11.3 Å². The van der Waals surface area contributed by atoms with Gasteiger partial charge in [-0.05, 0) is 25.0 Å². The highest BCUT2D eigenvalue weighted by Gasteiger charge is 2.12. The molecular formula is C22H20N4O3S. The second-order valence-corrected chi connectivity index (χ2v) is 7.80. The zero-order chi connectivity index (χ0) is 21.1. The van der Waals surface area contributed by atoms with Gasteiger partial charge in [0.25, 0.3) is 11.5 Å². The van der Waals surface area contributed by atoms with Gasteiger partial charge in [-0.15, -0.1) is 0 Å². The van der Waals surface area contributed by atoms with E-state index in [4.69, 9.17) is 4.74 Å². The number of nitrogens with zero attached hydrogens (tertiary/aromatic N) is 3. The van der Waals surface area contributed by atoms with Gasteiger partial charge in [0.05, 0.1) is 12.2 Å². The maximum atomic E-state index is 12.4. The van der Waals surface area contributed by atoms with E-state index in [9.17, 15) is 9.59 Å². The van der Waals surface area contributed by atoms with Crippen LogP contribution in [0.3, 0.4) is 0 Å². The summed E-state index contributed by atoms with van der Waals surface area (Å²) in [4.78, 5) is 29.5. The third kappa shape index (κ3) is 4.23. The zero-order valence-corrected chi connectivity index (χ0v) is 17.4. The van der Waals surface area contributed by atoms with Crippen LogP contribution < -0.4 is 15.6 Å². The fraction of sp³-hybridized carbons (Fsp3) is 0.182. The van der Waals surface area contributed by atoms with Crippen molar-refractivity contribution in [3.8, 4) is 16.3 Å². The molecular weight excluding hydrogens is 400 g/mol. The number of hydrogen-bond acceptors (Lipinski definition) is 6. The van der Waals surface area contributed by atoms with Crippen LogP contribution in [0, 0.1) is 13.8 Å². The average Bonchev–Trinajstić information content (AvgIpc) is 3.17. The van der Waals surface area contributed by atoms with Crippen molar-refractivity contribution in [3.05, 3.63) is 81.8 Å². The van der Waals surface area contributed by atoms with E-state index >= 15 is 0 Å². The fourth-order valence-corrected chi connectivity index (χ4v) is 3.98. The number of aryl methyl sites for hydroxylation is 2. The van der Waals surface area contributed by atoms with Crippen molar-refractivity contribution in [2.45, 2.75) is 20.4 Å². The van der Waals surface area contributed by atoms with E-state index in [2.05, 4.69) is 15.4 Å². The number of ether oxygens (including phenoxy) is 1. The van der Waals surface area contributed by atoms with Crippen LogP contribution in [0.25, 0.3) is 15.5 Å². The predicted molar refractivity (Wildman–Crippen MR) is 116 cm³/mol. The maximum absolute atomic E-state index is 12.4. The number of carbonyl (C=O) groups excluding carboxylic acids is 1. The molecule has 0 fully saturated rings. The van der Waals surface area contributed by atoms with Crippen molar-refractivity contribution in [1.29, 1.82) is 0 Å². The van der Waals surface area contributed by atoms with Gasteiger partial charge in [0, 0.05) is 11.6 Å². The van der Waals surface area contributed by atoms with E-state index in [0.717, 1.165) is 16.7 Å². The summed E-state index contributed by atoms with van der Waals surface area (Å²) >= 11 is 1.33. The maximum Gasteiger partial charge on any atom is 0.275 e. The zero-order valence-electron chi connectivity index (χ0n) is 16.6. The number of para-hydroxylation sites is 1. The molecule has 0 radical (unpaired) electrons. The van der Waals surface area contributed by atoms with Crippen molar-refractivity contribution in [2.24, 2.45) is 0 Å². The van der Waals surface area contributed by atoms with E-state index in [0.29, 0.717) is 21.4 Å². The highest BCUT2D eigenvalue weighted by molar-refractivity contribution is 7.19. The minimum absolute atomic E-state index is 0.106. The number of nitrogens with one attached hydrogen (secondary N) is 1. The van der Waals surface area contributed by atoms with E-state index in [1.54, 1.807) is 0 Å². The minimum atomic E-state index is -0.283. The van der Waals surface area contributed by atoms with Crippen molar-refractivity contribution >= 4 is 22.2 Å². The first kappa shape index (κ1) is 19.8. The van der Waals surface area contributed by atoms with Crippen molar-refractivity contribution in [2.75, 3.05) is 6.61 Å². The first-order chi connectivity index (χ1) is 14.5. The molecule has 4 aromatic rings. The Balaban J connectivity index is 1.44. The number of carbonyl (C=O) groups is 1. The summed E-state index contributed by atoms with van der Waals surface area (Å²) in [7, 11) is 0. The van der Waals surface area contributed by atoms with Gasteiger partial charge in [-0.3, -0.25) is 9.59 Å². The number of rotatable bonds is 6. The molecule has 1 amide bonds.